The van der Waals surface area contributed by atoms with E-state index in [1.54, 1.807) is 7.05 Å². The second-order valence-corrected chi connectivity index (χ2v) is 10.6. The number of anilines is 2. The molecule has 9 nitrogen and oxygen atoms in total. The first-order valence-electron chi connectivity index (χ1n) is 12.4. The van der Waals surface area contributed by atoms with Gasteiger partial charge in [-0.2, -0.15) is 4.98 Å². The lowest BCUT2D eigenvalue weighted by Crippen LogP contribution is -2.50. The van der Waals surface area contributed by atoms with Crippen molar-refractivity contribution in [1.82, 2.24) is 23.6 Å². The van der Waals surface area contributed by atoms with Crippen LogP contribution in [0.4, 0.5) is 11.6 Å². The van der Waals surface area contributed by atoms with Gasteiger partial charge in [0.15, 0.2) is 16.3 Å². The molecular weight excluding hydrogens is 522 g/mol. The molecule has 0 radical (unpaired) electrons. The third-order valence-corrected chi connectivity index (χ3v) is 7.63. The Hall–Kier alpha value is -3.63. The summed E-state index contributed by atoms with van der Waals surface area (Å²) in [5.41, 5.74) is 4.21. The smallest absolute Gasteiger partial charge is 0.332 e. The van der Waals surface area contributed by atoms with E-state index in [1.807, 2.05) is 54.8 Å². The normalized spacial score (nSPS) is 13.8. The molecule has 1 aliphatic heterocycles. The summed E-state index contributed by atoms with van der Waals surface area (Å²) in [6.45, 7) is 7.19. The minimum atomic E-state index is -0.395. The van der Waals surface area contributed by atoms with Crippen molar-refractivity contribution in [2.75, 3.05) is 36.4 Å². The first-order valence-corrected chi connectivity index (χ1v) is 13.2. The second kappa shape index (κ2) is 10.3. The molecule has 0 unspecified atom stereocenters. The number of hydrogen-bond acceptors (Lipinski definition) is 5. The zero-order chi connectivity index (χ0) is 27.1. The van der Waals surface area contributed by atoms with Crippen LogP contribution in [0, 0.1) is 13.8 Å². The summed E-state index contributed by atoms with van der Waals surface area (Å²) in [6, 6.07) is 13.9. The second-order valence-electron chi connectivity index (χ2n) is 9.73. The summed E-state index contributed by atoms with van der Waals surface area (Å²) in [6.07, 6.45) is 0. The molecule has 0 bridgehead atoms. The van der Waals surface area contributed by atoms with Gasteiger partial charge in [0.1, 0.15) is 0 Å². The molecular formula is C27H30ClN7O2S. The number of rotatable bonds is 4. The fourth-order valence-electron chi connectivity index (χ4n) is 4.89. The number of nitrogens with one attached hydrogen (secondary N) is 1. The number of thiocarbonyl (C=S) groups is 1. The molecule has 1 fully saturated rings. The number of fused-ring (bicyclic) bond motifs is 1. The number of nitrogens with zero attached hydrogens (tertiary/aromatic N) is 6. The van der Waals surface area contributed by atoms with Crippen molar-refractivity contribution >= 4 is 51.7 Å². The summed E-state index contributed by atoms with van der Waals surface area (Å²) < 4.78 is 4.52. The molecule has 0 aliphatic carbocycles. The minimum Gasteiger partial charge on any atom is -0.345 e. The monoisotopic (exact) mass is 551 g/mol. The maximum atomic E-state index is 13.3. The highest BCUT2D eigenvalue weighted by molar-refractivity contribution is 7.80. The van der Waals surface area contributed by atoms with Gasteiger partial charge in [0.25, 0.3) is 5.56 Å². The van der Waals surface area contributed by atoms with E-state index in [4.69, 9.17) is 28.8 Å². The average molecular weight is 552 g/mol. The molecule has 5 rings (SSSR count). The highest BCUT2D eigenvalue weighted by Crippen LogP contribution is 2.24. The molecule has 38 heavy (non-hydrogen) atoms. The lowest BCUT2D eigenvalue weighted by atomic mass is 10.1. The summed E-state index contributed by atoms with van der Waals surface area (Å²) in [7, 11) is 3.15. The summed E-state index contributed by atoms with van der Waals surface area (Å²) in [5.74, 6) is 0.673. The summed E-state index contributed by atoms with van der Waals surface area (Å²) in [4.78, 5) is 35.0. The van der Waals surface area contributed by atoms with E-state index >= 15 is 0 Å². The van der Waals surface area contributed by atoms with Crippen molar-refractivity contribution < 1.29 is 0 Å². The molecule has 1 N–H and O–H groups in total. The molecule has 11 heteroatoms. The fourth-order valence-corrected chi connectivity index (χ4v) is 5.41. The van der Waals surface area contributed by atoms with Crippen LogP contribution in [0.25, 0.3) is 11.2 Å². The van der Waals surface area contributed by atoms with Crippen molar-refractivity contribution in [3.63, 3.8) is 0 Å². The Morgan fingerprint density at radius 3 is 2.45 bits per heavy atom. The van der Waals surface area contributed by atoms with Gasteiger partial charge in [-0.15, -0.1) is 0 Å². The number of benzene rings is 2. The number of aromatic nitrogens is 4. The topological polar surface area (TPSA) is 80.3 Å². The lowest BCUT2D eigenvalue weighted by Gasteiger charge is -2.37. The molecule has 198 valence electrons. The van der Waals surface area contributed by atoms with Crippen LogP contribution >= 0.6 is 23.8 Å². The molecule has 1 aliphatic rings. The summed E-state index contributed by atoms with van der Waals surface area (Å²) >= 11 is 11.8. The molecule has 3 heterocycles. The molecule has 1 saturated heterocycles. The first-order chi connectivity index (χ1) is 18.1. The van der Waals surface area contributed by atoms with Gasteiger partial charge in [-0.25, -0.2) is 4.79 Å². The van der Waals surface area contributed by atoms with Gasteiger partial charge in [0.05, 0.1) is 6.54 Å². The van der Waals surface area contributed by atoms with E-state index in [0.717, 1.165) is 26.9 Å². The van der Waals surface area contributed by atoms with Crippen molar-refractivity contribution in [1.29, 1.82) is 0 Å². The van der Waals surface area contributed by atoms with E-state index in [2.05, 4.69) is 21.2 Å². The maximum absolute atomic E-state index is 13.3. The number of aryl methyl sites for hydroxylation is 3. The van der Waals surface area contributed by atoms with Crippen LogP contribution in [-0.2, 0) is 20.6 Å². The van der Waals surface area contributed by atoms with Crippen LogP contribution in [0.2, 0.25) is 5.02 Å². The average Bonchev–Trinajstić information content (AvgIpc) is 3.27. The number of piperazine rings is 1. The zero-order valence-electron chi connectivity index (χ0n) is 21.9. The van der Waals surface area contributed by atoms with Crippen molar-refractivity contribution in [2.24, 2.45) is 14.1 Å². The van der Waals surface area contributed by atoms with Crippen LogP contribution < -0.4 is 21.5 Å². The molecule has 2 aromatic carbocycles. The molecule has 4 aromatic rings. The van der Waals surface area contributed by atoms with Crippen LogP contribution in [0.3, 0.4) is 0 Å². The quantitative estimate of drug-likeness (QED) is 0.390. The van der Waals surface area contributed by atoms with Crippen LogP contribution in [0.1, 0.15) is 16.7 Å². The zero-order valence-corrected chi connectivity index (χ0v) is 23.4. The Kier molecular flexibility index (Phi) is 7.02. The van der Waals surface area contributed by atoms with Gasteiger partial charge < -0.3 is 15.1 Å². The number of imidazole rings is 1. The highest BCUT2D eigenvalue weighted by atomic mass is 35.5. The Labute approximate surface area is 230 Å². The predicted molar refractivity (Wildman–Crippen MR) is 157 cm³/mol. The lowest BCUT2D eigenvalue weighted by molar-refractivity contribution is 0.386. The van der Waals surface area contributed by atoms with Crippen LogP contribution in [0.15, 0.2) is 52.1 Å². The molecule has 0 spiro atoms. The Balaban J connectivity index is 1.45. The predicted octanol–water partition coefficient (Wildman–Crippen LogP) is 3.27. The van der Waals surface area contributed by atoms with E-state index in [9.17, 15) is 9.59 Å². The van der Waals surface area contributed by atoms with Crippen molar-refractivity contribution in [3.8, 4) is 0 Å². The highest BCUT2D eigenvalue weighted by Gasteiger charge is 2.26. The first kappa shape index (κ1) is 26.0. The van der Waals surface area contributed by atoms with Crippen molar-refractivity contribution in [2.45, 2.75) is 20.4 Å². The van der Waals surface area contributed by atoms with Crippen molar-refractivity contribution in [3.05, 3.63) is 85.0 Å². The van der Waals surface area contributed by atoms with Gasteiger partial charge in [-0.1, -0.05) is 41.4 Å². The van der Waals surface area contributed by atoms with Gasteiger partial charge in [-0.3, -0.25) is 18.5 Å². The molecule has 0 saturated carbocycles. The van der Waals surface area contributed by atoms with Gasteiger partial charge in [0, 0.05) is 51.0 Å². The molecule has 0 atom stereocenters. The van der Waals surface area contributed by atoms with E-state index in [-0.39, 0.29) is 5.56 Å². The maximum Gasteiger partial charge on any atom is 0.332 e. The molecule has 0 amide bonds. The minimum absolute atomic E-state index is 0.350. The van der Waals surface area contributed by atoms with Gasteiger partial charge in [-0.05, 0) is 55.4 Å². The largest absolute Gasteiger partial charge is 0.345 e. The number of hydrogen-bond donors (Lipinski definition) is 1. The van der Waals surface area contributed by atoms with E-state index in [0.29, 0.717) is 60.0 Å². The van der Waals surface area contributed by atoms with Gasteiger partial charge in [0.2, 0.25) is 5.95 Å². The van der Waals surface area contributed by atoms with E-state index < -0.39 is 5.69 Å². The third kappa shape index (κ3) is 4.81. The fraction of sp³-hybridized carbons (Fsp3) is 0.333. The SMILES string of the molecule is Cc1cccc(Cn2c(N3CCN(C(=S)Nc4ccc(Cl)cc4C)CC3)nc3c2c(=O)n(C)c(=O)n3C)c1. The van der Waals surface area contributed by atoms with E-state index in [1.165, 1.54) is 11.6 Å². The Morgan fingerprint density at radius 1 is 1.03 bits per heavy atom. The Morgan fingerprint density at radius 2 is 1.76 bits per heavy atom. The van der Waals surface area contributed by atoms with Crippen LogP contribution in [0.5, 0.6) is 0 Å². The molecule has 2 aromatic heterocycles. The standard InChI is InChI=1S/C27H30ClN7O2S/c1-17-6-5-7-19(14-17)16-35-22-23(31(3)27(37)32(4)24(22)36)30-25(35)33-10-12-34(13-11-33)26(38)29-21-9-8-20(28)15-18(21)2/h5-9,14-15H,10-13,16H2,1-4H3,(H,29,38). The Bertz CT molecular complexity index is 1660. The van der Waals surface area contributed by atoms with Crippen LogP contribution in [-0.4, -0.2) is 54.9 Å². The number of halogens is 1. The summed E-state index contributed by atoms with van der Waals surface area (Å²) in [5, 5.41) is 4.68. The third-order valence-electron chi connectivity index (χ3n) is 7.03. The van der Waals surface area contributed by atoms with Gasteiger partial charge >= 0.3 is 5.69 Å².